The highest BCUT2D eigenvalue weighted by Gasteiger charge is 2.33. The van der Waals surface area contributed by atoms with E-state index in [0.29, 0.717) is 55.5 Å². The maximum atomic E-state index is 13.7. The van der Waals surface area contributed by atoms with E-state index in [1.807, 2.05) is 71.6 Å². The number of aromatic hydroxyl groups is 1. The van der Waals surface area contributed by atoms with Gasteiger partial charge in [-0.15, -0.1) is 0 Å². The number of rotatable bonds is 5. The number of phenols is 1. The number of para-hydroxylation sites is 1. The van der Waals surface area contributed by atoms with Gasteiger partial charge in [0.05, 0.1) is 38.3 Å². The van der Waals surface area contributed by atoms with E-state index >= 15 is 0 Å². The predicted molar refractivity (Wildman–Crippen MR) is 173 cm³/mol. The minimum atomic E-state index is -0.407. The zero-order valence-corrected chi connectivity index (χ0v) is 25.9. The minimum absolute atomic E-state index is 0.0169. The van der Waals surface area contributed by atoms with E-state index in [1.54, 1.807) is 13.2 Å². The first-order valence-electron chi connectivity index (χ1n) is 15.2. The van der Waals surface area contributed by atoms with Crippen molar-refractivity contribution in [3.05, 3.63) is 107 Å². The van der Waals surface area contributed by atoms with Crippen LogP contribution in [0.15, 0.2) is 84.9 Å². The molecule has 0 aromatic heterocycles. The molecular formula is C36H36N2O9. The van der Waals surface area contributed by atoms with E-state index in [4.69, 9.17) is 28.8 Å². The van der Waals surface area contributed by atoms with Crippen molar-refractivity contribution in [2.24, 2.45) is 0 Å². The van der Waals surface area contributed by atoms with Crippen LogP contribution in [0.5, 0.6) is 34.5 Å². The number of nitrogens with zero attached hydrogens (tertiary/aromatic N) is 1. The van der Waals surface area contributed by atoms with Crippen molar-refractivity contribution in [2.75, 3.05) is 33.4 Å². The quantitative estimate of drug-likeness (QED) is 0.246. The standard InChI is InChI=1S/C35H34N2O7.CH2O2/c1-41-31-22-28-23-13-16-37(33(39)14-18-43-25-8-3-2-4-9-25)34(28)24-7-5-10-26(19-24)42-17-6-15-36-35(40)29-21-27(11-12-30(29)38)44-32(31)20-23;2-1-3/h2-5,7-12,19-22,34,38H,6,13-18H2,1H3,(H,36,40);1H,(H,2,3). The maximum absolute atomic E-state index is 13.7. The monoisotopic (exact) mass is 640 g/mol. The summed E-state index contributed by atoms with van der Waals surface area (Å²) in [7, 11) is 1.56. The van der Waals surface area contributed by atoms with Crippen molar-refractivity contribution < 1.29 is 43.5 Å². The summed E-state index contributed by atoms with van der Waals surface area (Å²) in [6, 6.07) is 25.2. The van der Waals surface area contributed by atoms with Crippen molar-refractivity contribution in [3.8, 4) is 34.5 Å². The molecule has 4 aromatic rings. The highest BCUT2D eigenvalue weighted by atomic mass is 16.5. The van der Waals surface area contributed by atoms with Crippen molar-refractivity contribution in [1.82, 2.24) is 10.2 Å². The predicted octanol–water partition coefficient (Wildman–Crippen LogP) is 5.35. The Morgan fingerprint density at radius 3 is 2.64 bits per heavy atom. The first-order valence-corrected chi connectivity index (χ1v) is 15.2. The van der Waals surface area contributed by atoms with Crippen LogP contribution in [0.4, 0.5) is 0 Å². The molecule has 3 aliphatic heterocycles. The van der Waals surface area contributed by atoms with Crippen LogP contribution in [-0.2, 0) is 16.0 Å². The highest BCUT2D eigenvalue weighted by Crippen LogP contribution is 2.43. The lowest BCUT2D eigenvalue weighted by atomic mass is 9.87. The highest BCUT2D eigenvalue weighted by molar-refractivity contribution is 5.97. The average Bonchev–Trinajstić information content (AvgIpc) is 3.08. The molecule has 0 radical (unpaired) electrons. The van der Waals surface area contributed by atoms with Crippen molar-refractivity contribution in [3.63, 3.8) is 0 Å². The van der Waals surface area contributed by atoms with Crippen LogP contribution >= 0.6 is 0 Å². The number of phenolic OH excluding ortho intramolecular Hbond substituents is 1. The number of nitrogens with one attached hydrogen (secondary N) is 1. The number of carbonyl (C=O) groups excluding carboxylic acids is 2. The number of fused-ring (bicyclic) bond motifs is 6. The Balaban J connectivity index is 0.00000139. The molecule has 3 heterocycles. The molecule has 0 fully saturated rings. The molecule has 47 heavy (non-hydrogen) atoms. The van der Waals surface area contributed by atoms with E-state index < -0.39 is 5.91 Å². The second-order valence-electron chi connectivity index (χ2n) is 10.8. The molecular weight excluding hydrogens is 604 g/mol. The van der Waals surface area contributed by atoms with Crippen LogP contribution in [0, 0.1) is 0 Å². The molecule has 7 rings (SSSR count). The lowest BCUT2D eigenvalue weighted by molar-refractivity contribution is -0.133. The Labute approximate surface area is 272 Å². The fourth-order valence-electron chi connectivity index (χ4n) is 5.63. The van der Waals surface area contributed by atoms with Crippen LogP contribution < -0.4 is 24.3 Å². The summed E-state index contributed by atoms with van der Waals surface area (Å²) in [5, 5.41) is 20.1. The molecule has 0 aliphatic carbocycles. The molecule has 11 nitrogen and oxygen atoms in total. The first-order chi connectivity index (χ1) is 22.9. The largest absolute Gasteiger partial charge is 0.507 e. The topological polar surface area (TPSA) is 144 Å². The maximum Gasteiger partial charge on any atom is 0.290 e. The fraction of sp³-hybridized carbons (Fsp3) is 0.250. The van der Waals surface area contributed by atoms with Gasteiger partial charge in [-0.25, -0.2) is 0 Å². The zero-order valence-electron chi connectivity index (χ0n) is 25.9. The Bertz CT molecular complexity index is 1710. The molecule has 3 aliphatic rings. The van der Waals surface area contributed by atoms with Crippen LogP contribution in [0.3, 0.4) is 0 Å². The molecule has 0 spiro atoms. The second kappa shape index (κ2) is 15.5. The zero-order chi connectivity index (χ0) is 33.2. The van der Waals surface area contributed by atoms with Crippen LogP contribution in [0.25, 0.3) is 0 Å². The minimum Gasteiger partial charge on any atom is -0.507 e. The lowest BCUT2D eigenvalue weighted by Crippen LogP contribution is -2.41. The molecule has 2 amide bonds. The number of hydrogen-bond donors (Lipinski definition) is 3. The van der Waals surface area contributed by atoms with E-state index in [-0.39, 0.29) is 42.8 Å². The summed E-state index contributed by atoms with van der Waals surface area (Å²) < 4.78 is 23.9. The van der Waals surface area contributed by atoms with Crippen LogP contribution in [0.2, 0.25) is 0 Å². The molecule has 244 valence electrons. The molecule has 0 saturated carbocycles. The van der Waals surface area contributed by atoms with Crippen LogP contribution in [0.1, 0.15) is 45.9 Å². The Kier molecular flexibility index (Phi) is 10.8. The normalized spacial score (nSPS) is 15.3. The summed E-state index contributed by atoms with van der Waals surface area (Å²) in [4.78, 5) is 36.8. The van der Waals surface area contributed by atoms with E-state index in [2.05, 4.69) is 5.32 Å². The summed E-state index contributed by atoms with van der Waals surface area (Å²) in [5.41, 5.74) is 2.97. The summed E-state index contributed by atoms with van der Waals surface area (Å²) >= 11 is 0. The summed E-state index contributed by atoms with van der Waals surface area (Å²) in [6.07, 6.45) is 1.39. The van der Waals surface area contributed by atoms with Crippen LogP contribution in [-0.4, -0.2) is 66.8 Å². The van der Waals surface area contributed by atoms with Gasteiger partial charge in [-0.2, -0.15) is 0 Å². The smallest absolute Gasteiger partial charge is 0.290 e. The van der Waals surface area contributed by atoms with E-state index in [1.165, 1.54) is 12.1 Å². The molecule has 0 saturated heterocycles. The Morgan fingerprint density at radius 2 is 1.85 bits per heavy atom. The number of methoxy groups -OCH3 is 1. The molecule has 1 unspecified atom stereocenters. The van der Waals surface area contributed by atoms with Gasteiger partial charge in [0.25, 0.3) is 12.4 Å². The van der Waals surface area contributed by atoms with E-state index in [0.717, 1.165) is 22.4 Å². The summed E-state index contributed by atoms with van der Waals surface area (Å²) in [6.45, 7) is 1.25. The van der Waals surface area contributed by atoms with Gasteiger partial charge in [0.1, 0.15) is 23.0 Å². The third kappa shape index (κ3) is 7.93. The van der Waals surface area contributed by atoms with Gasteiger partial charge >= 0.3 is 0 Å². The fourth-order valence-corrected chi connectivity index (χ4v) is 5.63. The molecule has 11 heteroatoms. The number of ether oxygens (including phenoxy) is 4. The van der Waals surface area contributed by atoms with Crippen molar-refractivity contribution in [1.29, 1.82) is 0 Å². The Hall–Kier alpha value is -5.71. The average molecular weight is 641 g/mol. The van der Waals surface area contributed by atoms with Gasteiger partial charge in [-0.3, -0.25) is 14.4 Å². The molecule has 8 bridgehead atoms. The number of benzene rings is 4. The van der Waals surface area contributed by atoms with Gasteiger partial charge in [0, 0.05) is 13.1 Å². The first kappa shape index (κ1) is 32.7. The molecule has 3 N–H and O–H groups in total. The second-order valence-corrected chi connectivity index (χ2v) is 10.8. The van der Waals surface area contributed by atoms with Gasteiger partial charge < -0.3 is 39.4 Å². The molecule has 4 aromatic carbocycles. The lowest BCUT2D eigenvalue weighted by Gasteiger charge is -2.38. The number of carbonyl (C=O) groups is 3. The van der Waals surface area contributed by atoms with Crippen molar-refractivity contribution in [2.45, 2.75) is 25.3 Å². The summed E-state index contributed by atoms with van der Waals surface area (Å²) in [5.74, 6) is 2.15. The Morgan fingerprint density at radius 1 is 1.04 bits per heavy atom. The van der Waals surface area contributed by atoms with E-state index in [9.17, 15) is 14.7 Å². The van der Waals surface area contributed by atoms with Gasteiger partial charge in [-0.05, 0) is 84.1 Å². The SMILES string of the molecule is COc1cc2c3cc1Oc1ccc(O)c(c1)C(=O)NCCCOc1cccc(c1)C2N(C(=O)CCOc1ccccc1)CC3.O=CO. The van der Waals surface area contributed by atoms with Gasteiger partial charge in [0.2, 0.25) is 5.91 Å². The van der Waals surface area contributed by atoms with Gasteiger partial charge in [-0.1, -0.05) is 30.3 Å². The number of carboxylic acid groups (broad SMARTS) is 1. The van der Waals surface area contributed by atoms with Gasteiger partial charge in [0.15, 0.2) is 11.5 Å². The molecule has 1 atom stereocenters. The number of amides is 2. The third-order valence-corrected chi connectivity index (χ3v) is 7.79. The van der Waals surface area contributed by atoms with Crippen molar-refractivity contribution >= 4 is 18.3 Å². The third-order valence-electron chi connectivity index (χ3n) is 7.79. The number of hydrogen-bond acceptors (Lipinski definition) is 8.